The Hall–Kier alpha value is -1.73. The number of likely N-dealkylation sites (tertiary alicyclic amines) is 1. The molecular formula is C27H24Cl4N4S. The molecule has 36 heavy (non-hydrogen) atoms. The zero-order chi connectivity index (χ0) is 25.1. The second kappa shape index (κ2) is 11.8. The lowest BCUT2D eigenvalue weighted by Gasteiger charge is -2.32. The van der Waals surface area contributed by atoms with Crippen molar-refractivity contribution in [3.05, 3.63) is 104 Å². The molecule has 0 amide bonds. The first kappa shape index (κ1) is 25.9. The van der Waals surface area contributed by atoms with Gasteiger partial charge in [-0.1, -0.05) is 94.6 Å². The number of aromatic nitrogens is 3. The van der Waals surface area contributed by atoms with Gasteiger partial charge in [-0.15, -0.1) is 10.2 Å². The fraction of sp³-hybridized carbons (Fsp3) is 0.259. The SMILES string of the molecule is Clc1ccc(CSc2nnc(CN3CCC(c4ccccc4)CC3)n2-c2ccc(Cl)cc2Cl)c(Cl)c1. The van der Waals surface area contributed by atoms with Crippen molar-refractivity contribution in [2.75, 3.05) is 13.1 Å². The Morgan fingerprint density at radius 3 is 2.19 bits per heavy atom. The van der Waals surface area contributed by atoms with Crippen molar-refractivity contribution in [3.63, 3.8) is 0 Å². The fourth-order valence-electron chi connectivity index (χ4n) is 4.53. The summed E-state index contributed by atoms with van der Waals surface area (Å²) in [5.74, 6) is 2.07. The van der Waals surface area contributed by atoms with E-state index in [0.29, 0.717) is 38.3 Å². The molecule has 9 heteroatoms. The number of hydrogen-bond donors (Lipinski definition) is 0. The topological polar surface area (TPSA) is 34.0 Å². The molecule has 1 aliphatic heterocycles. The normalized spacial score (nSPS) is 14.9. The van der Waals surface area contributed by atoms with E-state index in [1.807, 2.05) is 28.8 Å². The summed E-state index contributed by atoms with van der Waals surface area (Å²) in [5, 5.41) is 12.3. The third-order valence-corrected chi connectivity index (χ3v) is 8.55. The van der Waals surface area contributed by atoms with Crippen LogP contribution in [0.2, 0.25) is 20.1 Å². The molecular weight excluding hydrogens is 554 g/mol. The summed E-state index contributed by atoms with van der Waals surface area (Å²) in [7, 11) is 0. The van der Waals surface area contributed by atoms with E-state index in [2.05, 4.69) is 45.4 Å². The Bertz CT molecular complexity index is 1340. The fourth-order valence-corrected chi connectivity index (χ4v) is 6.55. The summed E-state index contributed by atoms with van der Waals surface area (Å²) in [5.41, 5.74) is 3.21. The minimum atomic E-state index is 0.553. The zero-order valence-corrected chi connectivity index (χ0v) is 23.2. The van der Waals surface area contributed by atoms with Gasteiger partial charge < -0.3 is 0 Å². The molecule has 0 unspecified atom stereocenters. The second-order valence-electron chi connectivity index (χ2n) is 8.82. The molecule has 0 atom stereocenters. The Morgan fingerprint density at radius 2 is 1.50 bits per heavy atom. The smallest absolute Gasteiger partial charge is 0.196 e. The molecule has 4 aromatic rings. The lowest BCUT2D eigenvalue weighted by atomic mass is 9.89. The maximum absolute atomic E-state index is 6.63. The van der Waals surface area contributed by atoms with Gasteiger partial charge in [0.2, 0.25) is 0 Å². The van der Waals surface area contributed by atoms with Crippen molar-refractivity contribution in [1.29, 1.82) is 0 Å². The van der Waals surface area contributed by atoms with Crippen molar-refractivity contribution in [2.45, 2.75) is 36.2 Å². The van der Waals surface area contributed by atoms with Crippen LogP contribution in [0.15, 0.2) is 71.9 Å². The maximum atomic E-state index is 6.63. The van der Waals surface area contributed by atoms with E-state index in [1.54, 1.807) is 23.9 Å². The van der Waals surface area contributed by atoms with E-state index >= 15 is 0 Å². The molecule has 0 aliphatic carbocycles. The summed E-state index contributed by atoms with van der Waals surface area (Å²) in [6.07, 6.45) is 2.24. The van der Waals surface area contributed by atoms with Crippen LogP contribution < -0.4 is 0 Å². The molecule has 3 aromatic carbocycles. The lowest BCUT2D eigenvalue weighted by molar-refractivity contribution is 0.199. The van der Waals surface area contributed by atoms with Gasteiger partial charge in [0.25, 0.3) is 0 Å². The standard InChI is InChI=1S/C27H24Cl4N4S/c28-21-7-6-20(23(30)14-21)17-36-27-33-32-26(35(27)25-9-8-22(29)15-24(25)31)16-34-12-10-19(11-13-34)18-4-2-1-3-5-18/h1-9,14-15,19H,10-13,16-17H2. The Kier molecular flexibility index (Phi) is 8.46. The number of hydrogen-bond acceptors (Lipinski definition) is 4. The third kappa shape index (κ3) is 6.04. The van der Waals surface area contributed by atoms with E-state index in [0.717, 1.165) is 48.2 Å². The van der Waals surface area contributed by atoms with E-state index in [1.165, 1.54) is 5.56 Å². The van der Waals surface area contributed by atoms with Crippen LogP contribution in [0.5, 0.6) is 0 Å². The van der Waals surface area contributed by atoms with E-state index < -0.39 is 0 Å². The van der Waals surface area contributed by atoms with Gasteiger partial charge in [0.05, 0.1) is 17.3 Å². The van der Waals surface area contributed by atoms with Gasteiger partial charge >= 0.3 is 0 Å². The molecule has 1 saturated heterocycles. The number of piperidine rings is 1. The highest BCUT2D eigenvalue weighted by Gasteiger charge is 2.24. The molecule has 1 fully saturated rings. The quantitative estimate of drug-likeness (QED) is 0.206. The van der Waals surface area contributed by atoms with Crippen molar-refractivity contribution in [3.8, 4) is 5.69 Å². The third-order valence-electron chi connectivity index (χ3n) is 6.45. The van der Waals surface area contributed by atoms with Crippen LogP contribution in [-0.4, -0.2) is 32.8 Å². The minimum absolute atomic E-state index is 0.553. The highest BCUT2D eigenvalue weighted by molar-refractivity contribution is 7.98. The molecule has 2 heterocycles. The highest BCUT2D eigenvalue weighted by Crippen LogP contribution is 2.34. The van der Waals surface area contributed by atoms with Crippen molar-refractivity contribution in [1.82, 2.24) is 19.7 Å². The van der Waals surface area contributed by atoms with Crippen LogP contribution >= 0.6 is 58.2 Å². The second-order valence-corrected chi connectivity index (χ2v) is 11.4. The Balaban J connectivity index is 1.37. The Morgan fingerprint density at radius 1 is 0.806 bits per heavy atom. The van der Waals surface area contributed by atoms with Gasteiger partial charge in [-0.05, 0) is 73.3 Å². The van der Waals surface area contributed by atoms with Gasteiger partial charge in [-0.3, -0.25) is 9.47 Å². The molecule has 0 spiro atoms. The summed E-state index contributed by atoms with van der Waals surface area (Å²) < 4.78 is 2.04. The number of rotatable bonds is 7. The van der Waals surface area contributed by atoms with Crippen LogP contribution in [0.1, 0.15) is 35.7 Å². The van der Waals surface area contributed by atoms with Crippen molar-refractivity contribution in [2.24, 2.45) is 0 Å². The molecule has 186 valence electrons. The van der Waals surface area contributed by atoms with Gasteiger partial charge in [0.1, 0.15) is 0 Å². The first-order chi connectivity index (χ1) is 17.5. The van der Waals surface area contributed by atoms with Crippen LogP contribution in [-0.2, 0) is 12.3 Å². The zero-order valence-electron chi connectivity index (χ0n) is 19.4. The predicted molar refractivity (Wildman–Crippen MR) is 151 cm³/mol. The summed E-state index contributed by atoms with van der Waals surface area (Å²) in [4.78, 5) is 2.44. The monoisotopic (exact) mass is 576 g/mol. The number of thioether (sulfide) groups is 1. The molecule has 4 nitrogen and oxygen atoms in total. The van der Waals surface area contributed by atoms with Gasteiger partial charge in [0.15, 0.2) is 11.0 Å². The Labute approximate surface area is 235 Å². The van der Waals surface area contributed by atoms with Crippen molar-refractivity contribution >= 4 is 58.2 Å². The molecule has 1 aliphatic rings. The van der Waals surface area contributed by atoms with E-state index in [9.17, 15) is 0 Å². The molecule has 0 saturated carbocycles. The van der Waals surface area contributed by atoms with Crippen LogP contribution in [0.4, 0.5) is 0 Å². The lowest BCUT2D eigenvalue weighted by Crippen LogP contribution is -2.33. The molecule has 0 N–H and O–H groups in total. The van der Waals surface area contributed by atoms with Crippen LogP contribution in [0.3, 0.4) is 0 Å². The predicted octanol–water partition coefficient (Wildman–Crippen LogP) is 8.55. The first-order valence-electron chi connectivity index (χ1n) is 11.7. The number of nitrogens with zero attached hydrogens (tertiary/aromatic N) is 4. The largest absolute Gasteiger partial charge is 0.296 e. The molecule has 1 aromatic heterocycles. The highest BCUT2D eigenvalue weighted by atomic mass is 35.5. The summed E-state index contributed by atoms with van der Waals surface area (Å²) in [6, 6.07) is 21.8. The van der Waals surface area contributed by atoms with Gasteiger partial charge in [0, 0.05) is 20.8 Å². The first-order valence-corrected chi connectivity index (χ1v) is 14.2. The van der Waals surface area contributed by atoms with E-state index in [-0.39, 0.29) is 0 Å². The maximum Gasteiger partial charge on any atom is 0.196 e. The average molecular weight is 578 g/mol. The molecule has 0 bridgehead atoms. The molecule has 0 radical (unpaired) electrons. The summed E-state index contributed by atoms with van der Waals surface area (Å²) in [6.45, 7) is 2.70. The minimum Gasteiger partial charge on any atom is -0.296 e. The molecule has 5 rings (SSSR count). The number of benzene rings is 3. The van der Waals surface area contributed by atoms with Crippen molar-refractivity contribution < 1.29 is 0 Å². The van der Waals surface area contributed by atoms with Gasteiger partial charge in [-0.25, -0.2) is 0 Å². The average Bonchev–Trinajstić information content (AvgIpc) is 3.26. The number of halogens is 4. The van der Waals surface area contributed by atoms with Crippen LogP contribution in [0.25, 0.3) is 5.69 Å². The van der Waals surface area contributed by atoms with Gasteiger partial charge in [-0.2, -0.15) is 0 Å². The summed E-state index contributed by atoms with van der Waals surface area (Å²) >= 11 is 26.8. The van der Waals surface area contributed by atoms with E-state index in [4.69, 9.17) is 46.4 Å². The van der Waals surface area contributed by atoms with Crippen LogP contribution in [0, 0.1) is 0 Å².